The maximum atomic E-state index is 11.6. The second-order valence-electron chi connectivity index (χ2n) is 4.11. The highest BCUT2D eigenvalue weighted by Crippen LogP contribution is 2.23. The summed E-state index contributed by atoms with van der Waals surface area (Å²) in [5, 5.41) is 12.2. The van der Waals surface area contributed by atoms with Crippen LogP contribution in [0.3, 0.4) is 0 Å². The number of hydrogen-bond acceptors (Lipinski definition) is 6. The molecule has 20 heavy (non-hydrogen) atoms. The number of carbonyl (C=O) groups excluding carboxylic acids is 1. The van der Waals surface area contributed by atoms with Crippen LogP contribution >= 0.6 is 11.3 Å². The average Bonchev–Trinajstić information content (AvgIpc) is 2.77. The summed E-state index contributed by atoms with van der Waals surface area (Å²) in [6, 6.07) is -0.356. The van der Waals surface area contributed by atoms with E-state index in [0.29, 0.717) is 23.9 Å². The van der Waals surface area contributed by atoms with Crippen LogP contribution in [0.5, 0.6) is 0 Å². The summed E-state index contributed by atoms with van der Waals surface area (Å²) in [4.78, 5) is 26.9. The van der Waals surface area contributed by atoms with Gasteiger partial charge in [0.05, 0.1) is 24.9 Å². The highest BCUT2D eigenvalue weighted by Gasteiger charge is 2.19. The number of hydrogen-bond donors (Lipinski definition) is 2. The van der Waals surface area contributed by atoms with Crippen molar-refractivity contribution in [1.29, 1.82) is 0 Å². The molecule has 7 nitrogen and oxygen atoms in total. The zero-order chi connectivity index (χ0) is 15.1. The molecule has 1 amide bonds. The third-order valence-electron chi connectivity index (χ3n) is 2.42. The first-order chi connectivity index (χ1) is 9.45. The van der Waals surface area contributed by atoms with Crippen molar-refractivity contribution in [1.82, 2.24) is 10.3 Å². The van der Waals surface area contributed by atoms with Crippen molar-refractivity contribution in [3.8, 4) is 0 Å². The molecule has 0 saturated carbocycles. The first-order valence-corrected chi connectivity index (χ1v) is 6.84. The maximum absolute atomic E-state index is 11.6. The van der Waals surface area contributed by atoms with Gasteiger partial charge in [-0.15, -0.1) is 11.3 Å². The number of rotatable bonds is 8. The Morgan fingerprint density at radius 1 is 1.45 bits per heavy atom. The van der Waals surface area contributed by atoms with Crippen molar-refractivity contribution in [3.05, 3.63) is 15.6 Å². The molecule has 112 valence electrons. The molecule has 1 atom stereocenters. The largest absolute Gasteiger partial charge is 0.477 e. The van der Waals surface area contributed by atoms with Gasteiger partial charge >= 0.3 is 5.97 Å². The summed E-state index contributed by atoms with van der Waals surface area (Å²) in [5.41, 5.74) is 0.454. The lowest BCUT2D eigenvalue weighted by molar-refractivity contribution is -0.126. The van der Waals surface area contributed by atoms with Crippen molar-refractivity contribution < 1.29 is 24.2 Å². The molecule has 8 heteroatoms. The molecule has 0 saturated heterocycles. The Kier molecular flexibility index (Phi) is 6.56. The van der Waals surface area contributed by atoms with Gasteiger partial charge in [-0.3, -0.25) is 4.79 Å². The van der Waals surface area contributed by atoms with Gasteiger partial charge in [-0.25, -0.2) is 9.78 Å². The maximum Gasteiger partial charge on any atom is 0.347 e. The predicted octanol–water partition coefficient (Wildman–Crippen LogP) is 0.990. The fraction of sp³-hybridized carbons (Fsp3) is 0.583. The van der Waals surface area contributed by atoms with Crippen molar-refractivity contribution in [3.63, 3.8) is 0 Å². The van der Waals surface area contributed by atoms with E-state index in [9.17, 15) is 9.59 Å². The molecule has 0 aliphatic carbocycles. The molecule has 1 unspecified atom stereocenters. The van der Waals surface area contributed by atoms with Crippen LogP contribution < -0.4 is 5.32 Å². The Hall–Kier alpha value is -1.51. The molecule has 1 heterocycles. The summed E-state index contributed by atoms with van der Waals surface area (Å²) in [6.07, 6.45) is 0. The van der Waals surface area contributed by atoms with Crippen molar-refractivity contribution in [2.24, 2.45) is 0 Å². The topological polar surface area (TPSA) is 97.8 Å². The molecule has 1 rings (SSSR count). The number of nitrogens with zero attached hydrogens (tertiary/aromatic N) is 1. The smallest absolute Gasteiger partial charge is 0.347 e. The van der Waals surface area contributed by atoms with Gasteiger partial charge in [0.2, 0.25) is 5.91 Å². The summed E-state index contributed by atoms with van der Waals surface area (Å²) in [6.45, 7) is 4.08. The molecule has 1 aromatic heterocycles. The summed E-state index contributed by atoms with van der Waals surface area (Å²) < 4.78 is 9.88. The molecule has 2 N–H and O–H groups in total. The molecule has 0 radical (unpaired) electrons. The van der Waals surface area contributed by atoms with E-state index < -0.39 is 5.97 Å². The molecular formula is C12H18N2O5S. The number of aromatic carboxylic acids is 1. The van der Waals surface area contributed by atoms with E-state index in [1.165, 1.54) is 0 Å². The van der Waals surface area contributed by atoms with Gasteiger partial charge in [0.1, 0.15) is 16.5 Å². The monoisotopic (exact) mass is 302 g/mol. The normalized spacial score (nSPS) is 12.2. The summed E-state index contributed by atoms with van der Waals surface area (Å²) in [5.74, 6) is -1.29. The van der Waals surface area contributed by atoms with E-state index >= 15 is 0 Å². The summed E-state index contributed by atoms with van der Waals surface area (Å²) in [7, 11) is 1.55. The first kappa shape index (κ1) is 16.5. The Morgan fingerprint density at radius 3 is 2.70 bits per heavy atom. The number of amides is 1. The van der Waals surface area contributed by atoms with E-state index in [4.69, 9.17) is 14.6 Å². The van der Waals surface area contributed by atoms with Crippen LogP contribution in [0, 0.1) is 6.92 Å². The van der Waals surface area contributed by atoms with E-state index in [2.05, 4.69) is 10.3 Å². The Bertz CT molecular complexity index is 474. The predicted molar refractivity (Wildman–Crippen MR) is 73.1 cm³/mol. The molecule has 0 bridgehead atoms. The number of aryl methyl sites for hydroxylation is 1. The van der Waals surface area contributed by atoms with E-state index in [1.807, 2.05) is 0 Å². The lowest BCUT2D eigenvalue weighted by Crippen LogP contribution is -2.30. The van der Waals surface area contributed by atoms with Crippen molar-refractivity contribution >= 4 is 23.2 Å². The third-order valence-corrected chi connectivity index (χ3v) is 3.75. The zero-order valence-electron chi connectivity index (χ0n) is 11.6. The molecule has 0 aliphatic rings. The van der Waals surface area contributed by atoms with Crippen LogP contribution in [0.15, 0.2) is 0 Å². The number of aromatic nitrogens is 1. The van der Waals surface area contributed by atoms with Gasteiger partial charge in [0.25, 0.3) is 0 Å². The summed E-state index contributed by atoms with van der Waals surface area (Å²) >= 11 is 1.06. The fourth-order valence-electron chi connectivity index (χ4n) is 1.45. The fourth-order valence-corrected chi connectivity index (χ4v) is 2.36. The van der Waals surface area contributed by atoms with Crippen LogP contribution in [-0.2, 0) is 14.3 Å². The lowest BCUT2D eigenvalue weighted by Gasteiger charge is -2.11. The van der Waals surface area contributed by atoms with Gasteiger partial charge in [-0.05, 0) is 13.8 Å². The van der Waals surface area contributed by atoms with Crippen LogP contribution in [0.2, 0.25) is 0 Å². The van der Waals surface area contributed by atoms with Gasteiger partial charge in [0, 0.05) is 7.11 Å². The van der Waals surface area contributed by atoms with E-state index in [1.54, 1.807) is 21.0 Å². The number of carboxylic acid groups (broad SMARTS) is 1. The third kappa shape index (κ3) is 4.87. The number of carboxylic acids is 1. The molecular weight excluding hydrogens is 284 g/mol. The highest BCUT2D eigenvalue weighted by atomic mass is 32.1. The van der Waals surface area contributed by atoms with Crippen LogP contribution in [0.4, 0.5) is 0 Å². The van der Waals surface area contributed by atoms with Gasteiger partial charge < -0.3 is 19.9 Å². The number of ether oxygens (including phenoxy) is 2. The Morgan fingerprint density at radius 2 is 2.15 bits per heavy atom. The van der Waals surface area contributed by atoms with Crippen LogP contribution in [-0.4, -0.2) is 48.9 Å². The minimum absolute atomic E-state index is 0.0656. The molecule has 0 fully saturated rings. The second-order valence-corrected chi connectivity index (χ2v) is 5.14. The Balaban J connectivity index is 2.49. The highest BCUT2D eigenvalue weighted by molar-refractivity contribution is 7.13. The first-order valence-electron chi connectivity index (χ1n) is 6.02. The number of methoxy groups -OCH3 is 1. The standard InChI is InChI=1S/C12H18N2O5S/c1-7-10(12(16)17)20-11(14-7)8(2)13-9(15)6-19-5-4-18-3/h8H,4-6H2,1-3H3,(H,13,15)(H,16,17). The van der Waals surface area contributed by atoms with Crippen LogP contribution in [0.25, 0.3) is 0 Å². The molecule has 0 aromatic carbocycles. The minimum Gasteiger partial charge on any atom is -0.477 e. The average molecular weight is 302 g/mol. The number of carbonyl (C=O) groups is 2. The van der Waals surface area contributed by atoms with E-state index in [-0.39, 0.29) is 23.4 Å². The number of nitrogens with one attached hydrogen (secondary N) is 1. The zero-order valence-corrected chi connectivity index (χ0v) is 12.5. The molecule has 1 aromatic rings. The van der Waals surface area contributed by atoms with Gasteiger partial charge in [-0.1, -0.05) is 0 Å². The van der Waals surface area contributed by atoms with E-state index in [0.717, 1.165) is 11.3 Å². The lowest BCUT2D eigenvalue weighted by atomic mass is 10.3. The second kappa shape index (κ2) is 7.93. The minimum atomic E-state index is -1.01. The van der Waals surface area contributed by atoms with Gasteiger partial charge in [0.15, 0.2) is 0 Å². The molecule has 0 aliphatic heterocycles. The van der Waals surface area contributed by atoms with Crippen LogP contribution in [0.1, 0.15) is 33.3 Å². The number of thiazole rings is 1. The Labute approximate surface area is 120 Å². The SMILES string of the molecule is COCCOCC(=O)NC(C)c1nc(C)c(C(=O)O)s1. The quantitative estimate of drug-likeness (QED) is 0.695. The van der Waals surface area contributed by atoms with Gasteiger partial charge in [-0.2, -0.15) is 0 Å². The van der Waals surface area contributed by atoms with Crippen molar-refractivity contribution in [2.45, 2.75) is 19.9 Å². The molecule has 0 spiro atoms. The van der Waals surface area contributed by atoms with Crippen molar-refractivity contribution in [2.75, 3.05) is 26.9 Å².